The molecule has 0 aromatic heterocycles. The molecule has 4 heteroatoms. The zero-order chi connectivity index (χ0) is 10.9. The Hall–Kier alpha value is -0.610. The van der Waals surface area contributed by atoms with Crippen molar-refractivity contribution in [3.8, 4) is 0 Å². The first-order chi connectivity index (χ1) is 6.50. The number of likely N-dealkylation sites (tertiary alicyclic amines) is 1. The molecule has 1 aliphatic heterocycles. The summed E-state index contributed by atoms with van der Waals surface area (Å²) in [5, 5.41) is 9.79. The van der Waals surface area contributed by atoms with Gasteiger partial charge in [0.05, 0.1) is 5.92 Å². The molecule has 1 saturated heterocycles. The lowest BCUT2D eigenvalue weighted by molar-refractivity contribution is -0.142. The van der Waals surface area contributed by atoms with E-state index < -0.39 is 12.3 Å². The molecule has 14 heavy (non-hydrogen) atoms. The van der Waals surface area contributed by atoms with Crippen molar-refractivity contribution in [1.29, 1.82) is 0 Å². The third-order valence-corrected chi connectivity index (χ3v) is 2.62. The average molecular weight is 201 g/mol. The number of aliphatic hydroxyl groups excluding tert-OH is 1. The van der Waals surface area contributed by atoms with Crippen molar-refractivity contribution in [2.75, 3.05) is 6.61 Å². The van der Waals surface area contributed by atoms with E-state index in [1.165, 1.54) is 0 Å². The second-order valence-corrected chi connectivity index (χ2v) is 3.96. The Balaban J connectivity index is 2.83. The maximum atomic E-state index is 11.7. The van der Waals surface area contributed by atoms with Gasteiger partial charge in [-0.3, -0.25) is 4.79 Å². The summed E-state index contributed by atoms with van der Waals surface area (Å²) in [5.41, 5.74) is 0. The predicted octanol–water partition coefficient (Wildman–Crippen LogP) is 0.597. The van der Waals surface area contributed by atoms with Gasteiger partial charge in [0.2, 0.25) is 5.91 Å². The van der Waals surface area contributed by atoms with Gasteiger partial charge in [-0.05, 0) is 20.8 Å². The van der Waals surface area contributed by atoms with Crippen LogP contribution in [-0.4, -0.2) is 40.9 Å². The number of carbonyl (C=O) groups is 1. The number of hydrogen-bond donors (Lipinski definition) is 1. The van der Waals surface area contributed by atoms with E-state index in [1.807, 2.05) is 20.8 Å². The van der Waals surface area contributed by atoms with Gasteiger partial charge < -0.3 is 14.7 Å². The highest BCUT2D eigenvalue weighted by Gasteiger charge is 2.46. The summed E-state index contributed by atoms with van der Waals surface area (Å²) in [7, 11) is 0. The van der Waals surface area contributed by atoms with Crippen LogP contribution in [0.15, 0.2) is 0 Å². The summed E-state index contributed by atoms with van der Waals surface area (Å²) < 4.78 is 5.38. The topological polar surface area (TPSA) is 49.8 Å². The van der Waals surface area contributed by atoms with Gasteiger partial charge in [0.1, 0.15) is 6.10 Å². The third kappa shape index (κ3) is 1.77. The highest BCUT2D eigenvalue weighted by molar-refractivity contribution is 5.82. The molecule has 1 rings (SSSR count). The summed E-state index contributed by atoms with van der Waals surface area (Å²) >= 11 is 0. The van der Waals surface area contributed by atoms with Gasteiger partial charge in [0.15, 0.2) is 6.23 Å². The number of aliphatic hydroxyl groups is 1. The van der Waals surface area contributed by atoms with Crippen LogP contribution in [0.25, 0.3) is 0 Å². The molecule has 0 saturated carbocycles. The first kappa shape index (κ1) is 11.5. The second-order valence-electron chi connectivity index (χ2n) is 3.96. The summed E-state index contributed by atoms with van der Waals surface area (Å²) in [5.74, 6) is -0.375. The Morgan fingerprint density at radius 1 is 1.57 bits per heavy atom. The molecule has 0 aromatic carbocycles. The van der Waals surface area contributed by atoms with Gasteiger partial charge in [0, 0.05) is 12.6 Å². The van der Waals surface area contributed by atoms with E-state index in [0.717, 1.165) is 0 Å². The molecule has 1 fully saturated rings. The summed E-state index contributed by atoms with van der Waals surface area (Å²) in [6.07, 6.45) is -1.17. The molecule has 4 nitrogen and oxygen atoms in total. The van der Waals surface area contributed by atoms with E-state index in [0.29, 0.717) is 6.61 Å². The number of amides is 1. The Kier molecular flexibility index (Phi) is 3.50. The minimum absolute atomic E-state index is 0.0223. The average Bonchev–Trinajstić information content (AvgIpc) is 2.32. The molecule has 0 unspecified atom stereocenters. The number of hydrogen-bond acceptors (Lipinski definition) is 3. The predicted molar refractivity (Wildman–Crippen MR) is 52.6 cm³/mol. The van der Waals surface area contributed by atoms with Crippen LogP contribution in [0, 0.1) is 5.92 Å². The van der Waals surface area contributed by atoms with Crippen LogP contribution in [0.1, 0.15) is 27.7 Å². The fourth-order valence-corrected chi connectivity index (χ4v) is 1.82. The van der Waals surface area contributed by atoms with Gasteiger partial charge in [-0.25, -0.2) is 0 Å². The van der Waals surface area contributed by atoms with Crippen molar-refractivity contribution in [2.45, 2.75) is 46.1 Å². The van der Waals surface area contributed by atoms with Crippen LogP contribution in [-0.2, 0) is 9.53 Å². The monoisotopic (exact) mass is 201 g/mol. The number of rotatable bonds is 3. The lowest BCUT2D eigenvalue weighted by atomic mass is 10.1. The molecule has 1 aliphatic rings. The largest absolute Gasteiger partial charge is 0.388 e. The Bertz CT molecular complexity index is 217. The van der Waals surface area contributed by atoms with Crippen molar-refractivity contribution >= 4 is 5.91 Å². The van der Waals surface area contributed by atoms with Crippen molar-refractivity contribution in [3.05, 3.63) is 0 Å². The quantitative estimate of drug-likeness (QED) is 0.727. The van der Waals surface area contributed by atoms with E-state index in [-0.39, 0.29) is 17.9 Å². The summed E-state index contributed by atoms with van der Waals surface area (Å²) in [6, 6.07) is 0.0682. The Morgan fingerprint density at radius 2 is 2.14 bits per heavy atom. The minimum atomic E-state index is -0.704. The van der Waals surface area contributed by atoms with E-state index >= 15 is 0 Å². The van der Waals surface area contributed by atoms with Crippen LogP contribution in [0.3, 0.4) is 0 Å². The Labute approximate surface area is 84.8 Å². The molecule has 0 bridgehead atoms. The van der Waals surface area contributed by atoms with Crippen molar-refractivity contribution in [3.63, 3.8) is 0 Å². The van der Waals surface area contributed by atoms with Gasteiger partial charge in [0.25, 0.3) is 0 Å². The highest BCUT2D eigenvalue weighted by Crippen LogP contribution is 2.27. The normalized spacial score (nSPS) is 33.1. The van der Waals surface area contributed by atoms with Gasteiger partial charge in [-0.2, -0.15) is 0 Å². The minimum Gasteiger partial charge on any atom is -0.388 e. The third-order valence-electron chi connectivity index (χ3n) is 2.62. The zero-order valence-corrected chi connectivity index (χ0v) is 9.23. The van der Waals surface area contributed by atoms with E-state index in [2.05, 4.69) is 0 Å². The van der Waals surface area contributed by atoms with Crippen LogP contribution in [0.2, 0.25) is 0 Å². The van der Waals surface area contributed by atoms with Crippen molar-refractivity contribution < 1.29 is 14.6 Å². The molecule has 1 amide bonds. The van der Waals surface area contributed by atoms with Crippen molar-refractivity contribution in [1.82, 2.24) is 4.90 Å². The van der Waals surface area contributed by atoms with Crippen LogP contribution in [0.4, 0.5) is 0 Å². The lowest BCUT2D eigenvalue weighted by Crippen LogP contribution is -2.43. The van der Waals surface area contributed by atoms with Gasteiger partial charge in [-0.15, -0.1) is 0 Å². The molecular formula is C10H19NO3. The van der Waals surface area contributed by atoms with E-state index in [4.69, 9.17) is 4.74 Å². The van der Waals surface area contributed by atoms with Crippen LogP contribution >= 0.6 is 0 Å². The maximum absolute atomic E-state index is 11.7. The first-order valence-corrected chi connectivity index (χ1v) is 5.12. The van der Waals surface area contributed by atoms with Crippen LogP contribution in [0.5, 0.6) is 0 Å². The van der Waals surface area contributed by atoms with Gasteiger partial charge in [-0.1, -0.05) is 6.92 Å². The standard InChI is InChI=1S/C10H19NO3/c1-5-14-10-8(12)7(4)9(13)11(10)6(2)3/h6-8,10,12H,5H2,1-4H3/t7-,8+,10+/m0/s1. The van der Waals surface area contributed by atoms with Crippen molar-refractivity contribution in [2.24, 2.45) is 5.92 Å². The molecular weight excluding hydrogens is 182 g/mol. The highest BCUT2D eigenvalue weighted by atomic mass is 16.5. The molecule has 1 N–H and O–H groups in total. The van der Waals surface area contributed by atoms with E-state index in [9.17, 15) is 9.90 Å². The SMILES string of the molecule is CCO[C@@H]1[C@H](O)[C@H](C)C(=O)N1C(C)C. The lowest BCUT2D eigenvalue weighted by Gasteiger charge is -2.29. The summed E-state index contributed by atoms with van der Waals surface area (Å²) in [6.45, 7) is 7.95. The first-order valence-electron chi connectivity index (χ1n) is 5.12. The molecule has 0 spiro atoms. The zero-order valence-electron chi connectivity index (χ0n) is 9.23. The molecule has 82 valence electrons. The molecule has 0 aromatic rings. The fourth-order valence-electron chi connectivity index (χ4n) is 1.82. The fraction of sp³-hybridized carbons (Fsp3) is 0.900. The number of ether oxygens (including phenoxy) is 1. The van der Waals surface area contributed by atoms with E-state index in [1.54, 1.807) is 11.8 Å². The molecule has 0 aliphatic carbocycles. The Morgan fingerprint density at radius 3 is 2.57 bits per heavy atom. The molecule has 1 heterocycles. The maximum Gasteiger partial charge on any atom is 0.230 e. The number of nitrogens with zero attached hydrogens (tertiary/aromatic N) is 1. The second kappa shape index (κ2) is 4.28. The molecule has 0 radical (unpaired) electrons. The summed E-state index contributed by atoms with van der Waals surface area (Å²) in [4.78, 5) is 13.4. The van der Waals surface area contributed by atoms with Gasteiger partial charge >= 0.3 is 0 Å². The smallest absolute Gasteiger partial charge is 0.230 e. The van der Waals surface area contributed by atoms with Crippen LogP contribution < -0.4 is 0 Å². The number of carbonyl (C=O) groups excluding carboxylic acids is 1. The molecule has 3 atom stereocenters.